The molecule has 0 aliphatic carbocycles. The third kappa shape index (κ3) is 6.42. The Kier molecular flexibility index (Phi) is 8.43. The zero-order valence-electron chi connectivity index (χ0n) is 17.8. The molecule has 148 valence electrons. The van der Waals surface area contributed by atoms with Crippen LogP contribution in [0.5, 0.6) is 0 Å². The maximum absolute atomic E-state index is 5.51. The minimum absolute atomic E-state index is 0.706. The maximum atomic E-state index is 5.51. The molecule has 0 unspecified atom stereocenters. The van der Waals surface area contributed by atoms with Crippen molar-refractivity contribution in [1.82, 2.24) is 5.32 Å². The average Bonchev–Trinajstić information content (AvgIpc) is 3.25. The number of rotatable bonds is 10. The largest absolute Gasteiger partial charge is 0.467 e. The number of thiophene rings is 1. The van der Waals surface area contributed by atoms with E-state index in [0.717, 1.165) is 18.1 Å². The van der Waals surface area contributed by atoms with Crippen LogP contribution >= 0.6 is 11.3 Å². The summed E-state index contributed by atoms with van der Waals surface area (Å²) in [5.41, 5.74) is 5.38. The highest BCUT2D eigenvalue weighted by Crippen LogP contribution is 2.34. The lowest BCUT2D eigenvalue weighted by Crippen LogP contribution is -2.11. The van der Waals surface area contributed by atoms with Crippen molar-refractivity contribution in [3.05, 3.63) is 62.8 Å². The summed E-state index contributed by atoms with van der Waals surface area (Å²) in [5, 5.41) is 3.63. The van der Waals surface area contributed by atoms with Gasteiger partial charge in [-0.15, -0.1) is 11.3 Å². The van der Waals surface area contributed by atoms with E-state index in [4.69, 9.17) is 4.42 Å². The van der Waals surface area contributed by atoms with Crippen LogP contribution in [0.25, 0.3) is 5.70 Å². The molecule has 0 atom stereocenters. The number of furan rings is 1. The number of aryl methyl sites for hydroxylation is 1. The van der Waals surface area contributed by atoms with Crippen molar-refractivity contribution in [2.75, 3.05) is 0 Å². The Bertz CT molecular complexity index is 763. The van der Waals surface area contributed by atoms with E-state index in [-0.39, 0.29) is 0 Å². The van der Waals surface area contributed by atoms with E-state index in [1.54, 1.807) is 6.26 Å². The molecule has 0 fully saturated rings. The van der Waals surface area contributed by atoms with E-state index < -0.39 is 0 Å². The second-order valence-electron chi connectivity index (χ2n) is 7.76. The second-order valence-corrected chi connectivity index (χ2v) is 8.87. The lowest BCUT2D eigenvalue weighted by Gasteiger charge is -2.11. The Hall–Kier alpha value is -1.74. The van der Waals surface area contributed by atoms with Gasteiger partial charge in [0, 0.05) is 4.88 Å². The quantitative estimate of drug-likeness (QED) is 0.430. The number of hydrogen-bond acceptors (Lipinski definition) is 3. The van der Waals surface area contributed by atoms with Gasteiger partial charge in [-0.2, -0.15) is 0 Å². The van der Waals surface area contributed by atoms with Gasteiger partial charge < -0.3 is 9.73 Å². The van der Waals surface area contributed by atoms with Crippen LogP contribution in [-0.4, -0.2) is 0 Å². The number of nitrogens with one attached hydrogen (secondary N) is 1. The lowest BCUT2D eigenvalue weighted by molar-refractivity contribution is 0.501. The molecule has 0 aliphatic heterocycles. The van der Waals surface area contributed by atoms with Crippen molar-refractivity contribution in [1.29, 1.82) is 0 Å². The molecule has 2 nitrogen and oxygen atoms in total. The van der Waals surface area contributed by atoms with Crippen molar-refractivity contribution >= 4 is 17.0 Å². The molecule has 3 heteroatoms. The summed E-state index contributed by atoms with van der Waals surface area (Å²) in [7, 11) is 0. The zero-order chi connectivity index (χ0) is 19.8. The van der Waals surface area contributed by atoms with E-state index in [0.29, 0.717) is 6.54 Å². The predicted molar refractivity (Wildman–Crippen MR) is 119 cm³/mol. The molecule has 1 N–H and O–H groups in total. The van der Waals surface area contributed by atoms with Crippen molar-refractivity contribution in [2.45, 2.75) is 73.8 Å². The molecule has 2 heterocycles. The molecule has 0 spiro atoms. The molecule has 0 bridgehead atoms. The van der Waals surface area contributed by atoms with Crippen LogP contribution in [0.4, 0.5) is 0 Å². The molecule has 2 aromatic heterocycles. The highest BCUT2D eigenvalue weighted by atomic mass is 32.1. The first kappa shape index (κ1) is 21.6. The maximum Gasteiger partial charge on any atom is 0.122 e. The van der Waals surface area contributed by atoms with E-state index in [9.17, 15) is 0 Å². The highest BCUT2D eigenvalue weighted by Gasteiger charge is 2.15. The third-order valence-electron chi connectivity index (χ3n) is 4.90. The normalized spacial score (nSPS) is 12.9. The van der Waals surface area contributed by atoms with E-state index in [2.05, 4.69) is 59.0 Å². The Balaban J connectivity index is 2.31. The van der Waals surface area contributed by atoms with Crippen LogP contribution < -0.4 is 5.32 Å². The molecular weight excluding hydrogens is 350 g/mol. The van der Waals surface area contributed by atoms with Gasteiger partial charge in [0.15, 0.2) is 0 Å². The molecule has 0 aliphatic rings. The Morgan fingerprint density at radius 2 is 2.04 bits per heavy atom. The standard InChI is InChI=1S/C24H35NOS/c1-7-8-10-18(4)15-22(25-16-21-11-9-14-26-21)24-20(6)19(5)23(27-24)13-12-17(2)3/h9-11,14-15,17,25H,7-8,12-13,16H2,1-6H3/b18-10+,22-15+. The minimum Gasteiger partial charge on any atom is -0.467 e. The molecule has 2 rings (SSSR count). The van der Waals surface area contributed by atoms with Gasteiger partial charge in [0.2, 0.25) is 0 Å². The Labute approximate surface area is 169 Å². The van der Waals surface area contributed by atoms with E-state index in [1.807, 2.05) is 23.5 Å². The van der Waals surface area contributed by atoms with Crippen LogP contribution in [0.2, 0.25) is 0 Å². The number of unbranched alkanes of at least 4 members (excludes halogenated alkanes) is 1. The van der Waals surface area contributed by atoms with Gasteiger partial charge in [-0.25, -0.2) is 0 Å². The second kappa shape index (κ2) is 10.6. The summed E-state index contributed by atoms with van der Waals surface area (Å²) < 4.78 is 5.51. The van der Waals surface area contributed by atoms with Crippen molar-refractivity contribution in [3.63, 3.8) is 0 Å². The molecule has 0 saturated heterocycles. The summed E-state index contributed by atoms with van der Waals surface area (Å²) >= 11 is 1.95. The van der Waals surface area contributed by atoms with Gasteiger partial charge in [0.25, 0.3) is 0 Å². The van der Waals surface area contributed by atoms with Gasteiger partial charge in [0.05, 0.1) is 23.4 Å². The van der Waals surface area contributed by atoms with Gasteiger partial charge in [-0.05, 0) is 75.3 Å². The fourth-order valence-electron chi connectivity index (χ4n) is 3.02. The zero-order valence-corrected chi connectivity index (χ0v) is 18.6. The van der Waals surface area contributed by atoms with Gasteiger partial charge in [-0.3, -0.25) is 0 Å². The van der Waals surface area contributed by atoms with Crippen molar-refractivity contribution < 1.29 is 4.42 Å². The fraction of sp³-hybridized carbons (Fsp3) is 0.500. The predicted octanol–water partition coefficient (Wildman–Crippen LogP) is 7.42. The number of allylic oxidation sites excluding steroid dienone is 3. The molecular formula is C24H35NOS. The fourth-order valence-corrected chi connectivity index (χ4v) is 4.34. The molecule has 0 aromatic carbocycles. The molecule has 2 aromatic rings. The smallest absolute Gasteiger partial charge is 0.122 e. The first-order chi connectivity index (χ1) is 12.9. The lowest BCUT2D eigenvalue weighted by atomic mass is 10.0. The van der Waals surface area contributed by atoms with Gasteiger partial charge in [0.1, 0.15) is 5.76 Å². The Morgan fingerprint density at radius 1 is 1.26 bits per heavy atom. The summed E-state index contributed by atoms with van der Waals surface area (Å²) in [6.07, 6.45) is 11.1. The summed E-state index contributed by atoms with van der Waals surface area (Å²) in [6, 6.07) is 3.96. The molecule has 0 saturated carbocycles. The monoisotopic (exact) mass is 385 g/mol. The van der Waals surface area contributed by atoms with Crippen LogP contribution in [-0.2, 0) is 13.0 Å². The summed E-state index contributed by atoms with van der Waals surface area (Å²) in [6.45, 7) is 14.3. The average molecular weight is 386 g/mol. The molecule has 27 heavy (non-hydrogen) atoms. The first-order valence-corrected chi connectivity index (χ1v) is 11.0. The Morgan fingerprint density at radius 3 is 2.67 bits per heavy atom. The molecule has 0 amide bonds. The minimum atomic E-state index is 0.706. The summed E-state index contributed by atoms with van der Waals surface area (Å²) in [5.74, 6) is 1.70. The first-order valence-electron chi connectivity index (χ1n) is 10.2. The van der Waals surface area contributed by atoms with Crippen molar-refractivity contribution in [2.24, 2.45) is 5.92 Å². The number of hydrogen-bond donors (Lipinski definition) is 1. The topological polar surface area (TPSA) is 25.2 Å². The van der Waals surface area contributed by atoms with Crippen molar-refractivity contribution in [3.8, 4) is 0 Å². The SMILES string of the molecule is CCC/C=C(C)/C=C(/NCc1ccco1)c1sc(CCC(C)C)c(C)c1C. The van der Waals surface area contributed by atoms with Gasteiger partial charge in [-0.1, -0.05) is 38.8 Å². The van der Waals surface area contributed by atoms with Crippen LogP contribution in [0.1, 0.15) is 73.6 Å². The third-order valence-corrected chi connectivity index (χ3v) is 6.39. The molecule has 0 radical (unpaired) electrons. The van der Waals surface area contributed by atoms with Crippen LogP contribution in [0.3, 0.4) is 0 Å². The summed E-state index contributed by atoms with van der Waals surface area (Å²) in [4.78, 5) is 2.89. The van der Waals surface area contributed by atoms with E-state index >= 15 is 0 Å². The van der Waals surface area contributed by atoms with Crippen LogP contribution in [0.15, 0.2) is 40.5 Å². The van der Waals surface area contributed by atoms with Gasteiger partial charge >= 0.3 is 0 Å². The highest BCUT2D eigenvalue weighted by molar-refractivity contribution is 7.13. The van der Waals surface area contributed by atoms with E-state index in [1.165, 1.54) is 51.4 Å². The van der Waals surface area contributed by atoms with Crippen LogP contribution in [0, 0.1) is 19.8 Å².